The van der Waals surface area contributed by atoms with Gasteiger partial charge >= 0.3 is 0 Å². The lowest BCUT2D eigenvalue weighted by molar-refractivity contribution is 0.956. The number of hydrogen-bond acceptors (Lipinski definition) is 2. The second-order valence-corrected chi connectivity index (χ2v) is 3.06. The molecule has 13 heavy (non-hydrogen) atoms. The number of likely N-dealkylation sites (N-methyl/N-ethyl adjacent to an activating group) is 1. The van der Waals surface area contributed by atoms with Gasteiger partial charge in [0.2, 0.25) is 0 Å². The van der Waals surface area contributed by atoms with Gasteiger partial charge < -0.3 is 10.6 Å². The van der Waals surface area contributed by atoms with Gasteiger partial charge in [-0.2, -0.15) is 0 Å². The van der Waals surface area contributed by atoms with Gasteiger partial charge in [-0.05, 0) is 30.2 Å². The Morgan fingerprint density at radius 1 is 1.31 bits per heavy atom. The Labute approximate surface area is 80.4 Å². The van der Waals surface area contributed by atoms with Gasteiger partial charge in [0.25, 0.3) is 0 Å². The van der Waals surface area contributed by atoms with Crippen molar-refractivity contribution in [2.24, 2.45) is 0 Å². The highest BCUT2D eigenvalue weighted by Gasteiger charge is 2.14. The highest BCUT2D eigenvalue weighted by molar-refractivity contribution is 5.62. The average Bonchev–Trinajstić information content (AvgIpc) is 2.51. The summed E-state index contributed by atoms with van der Waals surface area (Å²) >= 11 is 0. The second-order valence-electron chi connectivity index (χ2n) is 3.06. The topological polar surface area (TPSA) is 29.3 Å². The molecular weight excluding hydrogens is 160 g/mol. The lowest BCUT2D eigenvalue weighted by Crippen LogP contribution is -2.12. The maximum absolute atomic E-state index is 5.66. The van der Waals surface area contributed by atoms with E-state index in [1.54, 1.807) is 0 Å². The quantitative estimate of drug-likeness (QED) is 0.618. The third-order valence-electron chi connectivity index (χ3n) is 2.23. The molecule has 0 saturated carbocycles. The molecule has 72 valence electrons. The molecule has 0 fully saturated rings. The van der Waals surface area contributed by atoms with Gasteiger partial charge in [-0.25, -0.2) is 0 Å². The highest BCUT2D eigenvalue weighted by Crippen LogP contribution is 2.27. The third-order valence-corrected chi connectivity index (χ3v) is 2.23. The van der Waals surface area contributed by atoms with Crippen LogP contribution in [0.1, 0.15) is 19.4 Å². The van der Waals surface area contributed by atoms with Gasteiger partial charge in [-0.15, -0.1) is 0 Å². The maximum Gasteiger partial charge on any atom is 0.0398 e. The Hall–Kier alpha value is -1.18. The molecule has 2 nitrogen and oxygen atoms in total. The van der Waals surface area contributed by atoms with Crippen LogP contribution < -0.4 is 10.6 Å². The number of fused-ring (bicyclic) bond motifs is 1. The van der Waals surface area contributed by atoms with E-state index in [0.717, 1.165) is 18.7 Å². The van der Waals surface area contributed by atoms with Gasteiger partial charge in [0.15, 0.2) is 0 Å². The zero-order valence-electron chi connectivity index (χ0n) is 8.67. The van der Waals surface area contributed by atoms with E-state index in [1.165, 1.54) is 11.3 Å². The van der Waals surface area contributed by atoms with Crippen molar-refractivity contribution in [3.63, 3.8) is 0 Å². The summed E-state index contributed by atoms with van der Waals surface area (Å²) in [6, 6.07) is 6.12. The van der Waals surface area contributed by atoms with Crippen LogP contribution in [-0.2, 0) is 6.42 Å². The molecule has 0 amide bonds. The fraction of sp³-hybridized carbons (Fsp3) is 0.455. The SMILES string of the molecule is CC.CN1CCc2cc(N)ccc21. The first kappa shape index (κ1) is 9.90. The van der Waals surface area contributed by atoms with Crippen LogP contribution in [-0.4, -0.2) is 13.6 Å². The number of rotatable bonds is 0. The standard InChI is InChI=1S/C9H12N2.C2H6/c1-11-5-4-7-6-8(10)2-3-9(7)11;1-2/h2-3,6H,4-5,10H2,1H3;1-2H3. The number of anilines is 2. The Balaban J connectivity index is 0.000000396. The lowest BCUT2D eigenvalue weighted by atomic mass is 10.1. The molecule has 0 aromatic heterocycles. The largest absolute Gasteiger partial charge is 0.399 e. The van der Waals surface area contributed by atoms with Crippen LogP contribution in [0, 0.1) is 0 Å². The highest BCUT2D eigenvalue weighted by atomic mass is 15.1. The smallest absolute Gasteiger partial charge is 0.0398 e. The molecule has 2 rings (SSSR count). The summed E-state index contributed by atoms with van der Waals surface area (Å²) in [5.41, 5.74) is 9.25. The third kappa shape index (κ3) is 1.94. The molecule has 0 spiro atoms. The van der Waals surface area contributed by atoms with E-state index in [4.69, 9.17) is 5.73 Å². The first-order valence-corrected chi connectivity index (χ1v) is 4.87. The van der Waals surface area contributed by atoms with Gasteiger partial charge in [-0.1, -0.05) is 13.8 Å². The molecule has 1 aliphatic rings. The van der Waals surface area contributed by atoms with Gasteiger partial charge in [0.05, 0.1) is 0 Å². The first-order valence-electron chi connectivity index (χ1n) is 4.87. The van der Waals surface area contributed by atoms with E-state index in [0.29, 0.717) is 0 Å². The summed E-state index contributed by atoms with van der Waals surface area (Å²) < 4.78 is 0. The predicted octanol–water partition coefficient (Wildman–Crippen LogP) is 2.29. The van der Waals surface area contributed by atoms with E-state index in [-0.39, 0.29) is 0 Å². The van der Waals surface area contributed by atoms with Crippen molar-refractivity contribution in [3.8, 4) is 0 Å². The number of nitrogen functional groups attached to an aromatic ring is 1. The first-order chi connectivity index (χ1) is 6.27. The maximum atomic E-state index is 5.66. The van der Waals surface area contributed by atoms with E-state index in [1.807, 2.05) is 19.9 Å². The molecule has 1 aromatic rings. The molecule has 0 radical (unpaired) electrons. The summed E-state index contributed by atoms with van der Waals surface area (Å²) in [5, 5.41) is 0. The fourth-order valence-corrected chi connectivity index (χ4v) is 1.59. The Kier molecular flexibility index (Phi) is 3.18. The van der Waals surface area contributed by atoms with Crippen molar-refractivity contribution in [2.45, 2.75) is 20.3 Å². The molecule has 0 bridgehead atoms. The Morgan fingerprint density at radius 3 is 2.69 bits per heavy atom. The molecule has 0 saturated heterocycles. The van der Waals surface area contributed by atoms with Crippen molar-refractivity contribution in [3.05, 3.63) is 23.8 Å². The normalized spacial score (nSPS) is 13.3. The van der Waals surface area contributed by atoms with Crippen LogP contribution in [0.5, 0.6) is 0 Å². The molecule has 1 aromatic carbocycles. The number of nitrogens with zero attached hydrogens (tertiary/aromatic N) is 1. The summed E-state index contributed by atoms with van der Waals surface area (Å²) in [5.74, 6) is 0. The van der Waals surface area contributed by atoms with Crippen LogP contribution in [0.15, 0.2) is 18.2 Å². The zero-order chi connectivity index (χ0) is 9.84. The van der Waals surface area contributed by atoms with Crippen LogP contribution in [0.4, 0.5) is 11.4 Å². The minimum Gasteiger partial charge on any atom is -0.399 e. The van der Waals surface area contributed by atoms with Crippen LogP contribution >= 0.6 is 0 Å². The zero-order valence-corrected chi connectivity index (χ0v) is 8.67. The van der Waals surface area contributed by atoms with Crippen LogP contribution in [0.2, 0.25) is 0 Å². The fourth-order valence-electron chi connectivity index (χ4n) is 1.59. The monoisotopic (exact) mass is 178 g/mol. The van der Waals surface area contributed by atoms with Crippen LogP contribution in [0.25, 0.3) is 0 Å². The van der Waals surface area contributed by atoms with E-state index in [9.17, 15) is 0 Å². The number of hydrogen-bond donors (Lipinski definition) is 1. The lowest BCUT2D eigenvalue weighted by Gasteiger charge is -2.11. The van der Waals surface area contributed by atoms with E-state index >= 15 is 0 Å². The summed E-state index contributed by atoms with van der Waals surface area (Å²) in [6.07, 6.45) is 1.14. The van der Waals surface area contributed by atoms with Crippen molar-refractivity contribution >= 4 is 11.4 Å². The summed E-state index contributed by atoms with van der Waals surface area (Å²) in [4.78, 5) is 2.26. The minimum absolute atomic E-state index is 0.874. The van der Waals surface area contributed by atoms with Crippen LogP contribution in [0.3, 0.4) is 0 Å². The van der Waals surface area contributed by atoms with E-state index < -0.39 is 0 Å². The molecule has 1 aliphatic heterocycles. The molecule has 0 aliphatic carbocycles. The average molecular weight is 178 g/mol. The molecule has 2 heteroatoms. The molecule has 1 heterocycles. The van der Waals surface area contributed by atoms with Gasteiger partial charge in [0.1, 0.15) is 0 Å². The summed E-state index contributed by atoms with van der Waals surface area (Å²) in [6.45, 7) is 5.12. The predicted molar refractivity (Wildman–Crippen MR) is 59.2 cm³/mol. The van der Waals surface area contributed by atoms with Gasteiger partial charge in [-0.3, -0.25) is 0 Å². The van der Waals surface area contributed by atoms with Gasteiger partial charge in [0, 0.05) is 25.0 Å². The molecule has 0 unspecified atom stereocenters. The number of benzene rings is 1. The minimum atomic E-state index is 0.874. The van der Waals surface area contributed by atoms with E-state index in [2.05, 4.69) is 24.1 Å². The van der Waals surface area contributed by atoms with Crippen molar-refractivity contribution < 1.29 is 0 Å². The van der Waals surface area contributed by atoms with Crippen molar-refractivity contribution in [1.82, 2.24) is 0 Å². The van der Waals surface area contributed by atoms with Crippen molar-refractivity contribution in [1.29, 1.82) is 0 Å². The molecule has 2 N–H and O–H groups in total. The molecular formula is C11H18N2. The van der Waals surface area contributed by atoms with Crippen molar-refractivity contribution in [2.75, 3.05) is 24.2 Å². The summed E-state index contributed by atoms with van der Waals surface area (Å²) in [7, 11) is 2.11. The second kappa shape index (κ2) is 4.17. The molecule has 0 atom stereocenters. The Morgan fingerprint density at radius 2 is 2.00 bits per heavy atom. The Bertz CT molecular complexity index is 281. The number of nitrogens with two attached hydrogens (primary N) is 1.